The third-order valence-corrected chi connectivity index (χ3v) is 9.67. The largest absolute Gasteiger partial charge is 0.454 e. The Morgan fingerprint density at radius 1 is 0.685 bits per heavy atom. The van der Waals surface area contributed by atoms with Crippen molar-refractivity contribution < 1.29 is 52.2 Å². The molecule has 0 amide bonds. The maximum Gasteiger partial charge on any atom is 0.303 e. The Balaban J connectivity index is 1.17. The van der Waals surface area contributed by atoms with Gasteiger partial charge in [-0.2, -0.15) is 0 Å². The minimum atomic E-state index is -0.976. The first-order valence-electron chi connectivity index (χ1n) is 18.4. The summed E-state index contributed by atoms with van der Waals surface area (Å²) in [6.07, 6.45) is -6.85. The van der Waals surface area contributed by atoms with Crippen molar-refractivity contribution >= 4 is 5.97 Å². The molecule has 11 heteroatoms. The van der Waals surface area contributed by atoms with Crippen LogP contribution >= 0.6 is 0 Å². The Hall–Kier alpha value is -4.01. The Morgan fingerprint density at radius 2 is 1.28 bits per heavy atom. The summed E-state index contributed by atoms with van der Waals surface area (Å²) in [7, 11) is 1.50. The molecule has 0 spiro atoms. The van der Waals surface area contributed by atoms with Crippen LogP contribution in [0.4, 0.5) is 0 Å². The summed E-state index contributed by atoms with van der Waals surface area (Å²) >= 11 is 0. The smallest absolute Gasteiger partial charge is 0.303 e. The molecule has 3 saturated heterocycles. The van der Waals surface area contributed by atoms with Crippen LogP contribution in [0.5, 0.6) is 0 Å². The van der Waals surface area contributed by atoms with Gasteiger partial charge in [0.25, 0.3) is 0 Å². The van der Waals surface area contributed by atoms with Crippen LogP contribution in [-0.2, 0) is 72.0 Å². The van der Waals surface area contributed by atoms with Gasteiger partial charge in [0, 0.05) is 26.0 Å². The topological polar surface area (TPSA) is 109 Å². The number of hydrogen-bond donors (Lipinski definition) is 0. The Labute approximate surface area is 316 Å². The van der Waals surface area contributed by atoms with Gasteiger partial charge in [-0.3, -0.25) is 4.79 Å². The molecular formula is C43H48O11. The number of methoxy groups -OCH3 is 1. The second kappa shape index (κ2) is 19.0. The van der Waals surface area contributed by atoms with Gasteiger partial charge in [-0.25, -0.2) is 0 Å². The SMILES string of the molecule is CO[C@H]1O[C@@H]2COC(c3ccccc3)O[C@H]2[C@H](O[C@@H]2C[C@@H](OCc3ccccc3)[C@H](OCc3ccccc3)[C@@H](COCc3ccccc3)O2)[C@H]1OC(C)=O. The summed E-state index contributed by atoms with van der Waals surface area (Å²) < 4.78 is 63.7. The van der Waals surface area contributed by atoms with Crippen LogP contribution in [0.15, 0.2) is 121 Å². The van der Waals surface area contributed by atoms with Crippen molar-refractivity contribution in [3.8, 4) is 0 Å². The van der Waals surface area contributed by atoms with E-state index < -0.39 is 67.6 Å². The zero-order valence-electron chi connectivity index (χ0n) is 30.6. The molecule has 0 aromatic heterocycles. The summed E-state index contributed by atoms with van der Waals surface area (Å²) in [6.45, 7) is 2.83. The molecule has 10 atom stereocenters. The van der Waals surface area contributed by atoms with Gasteiger partial charge in [-0.15, -0.1) is 0 Å². The normalized spacial score (nSPS) is 29.6. The Bertz CT molecular complexity index is 1700. The highest BCUT2D eigenvalue weighted by molar-refractivity contribution is 5.66. The molecule has 4 aromatic carbocycles. The van der Waals surface area contributed by atoms with Crippen LogP contribution in [0.1, 0.15) is 41.9 Å². The first kappa shape index (κ1) is 38.3. The van der Waals surface area contributed by atoms with Crippen molar-refractivity contribution in [2.45, 2.75) is 94.8 Å². The molecular weight excluding hydrogens is 692 g/mol. The molecule has 7 rings (SSSR count). The van der Waals surface area contributed by atoms with Crippen molar-refractivity contribution in [3.63, 3.8) is 0 Å². The molecule has 3 aliphatic heterocycles. The fraction of sp³-hybridized carbons (Fsp3) is 0.419. The van der Waals surface area contributed by atoms with Gasteiger partial charge in [0.05, 0.1) is 39.1 Å². The van der Waals surface area contributed by atoms with E-state index in [2.05, 4.69) is 0 Å². The molecule has 1 unspecified atom stereocenters. The summed E-state index contributed by atoms with van der Waals surface area (Å²) in [4.78, 5) is 12.5. The molecule has 3 aliphatic rings. The summed E-state index contributed by atoms with van der Waals surface area (Å²) in [5.74, 6) is -0.514. The van der Waals surface area contributed by atoms with E-state index in [0.29, 0.717) is 26.2 Å². The van der Waals surface area contributed by atoms with Gasteiger partial charge in [-0.05, 0) is 16.7 Å². The van der Waals surface area contributed by atoms with E-state index in [1.165, 1.54) is 14.0 Å². The molecule has 0 aliphatic carbocycles. The monoisotopic (exact) mass is 740 g/mol. The zero-order valence-corrected chi connectivity index (χ0v) is 30.6. The Kier molecular flexibility index (Phi) is 13.5. The summed E-state index contributed by atoms with van der Waals surface area (Å²) in [6, 6.07) is 39.6. The van der Waals surface area contributed by atoms with E-state index in [-0.39, 0.29) is 13.2 Å². The van der Waals surface area contributed by atoms with Crippen molar-refractivity contribution in [2.24, 2.45) is 0 Å². The van der Waals surface area contributed by atoms with Gasteiger partial charge in [0.15, 0.2) is 25.0 Å². The number of ether oxygens (including phenoxy) is 10. The van der Waals surface area contributed by atoms with E-state index in [1.807, 2.05) is 121 Å². The highest BCUT2D eigenvalue weighted by Crippen LogP contribution is 2.39. The average molecular weight is 741 g/mol. The lowest BCUT2D eigenvalue weighted by molar-refractivity contribution is -0.384. The molecule has 286 valence electrons. The number of benzene rings is 4. The maximum absolute atomic E-state index is 12.5. The third-order valence-electron chi connectivity index (χ3n) is 9.67. The van der Waals surface area contributed by atoms with E-state index in [9.17, 15) is 4.79 Å². The molecule has 11 nitrogen and oxygen atoms in total. The molecule has 4 aromatic rings. The summed E-state index contributed by atoms with van der Waals surface area (Å²) in [5, 5.41) is 0. The minimum absolute atomic E-state index is 0.202. The molecule has 3 heterocycles. The van der Waals surface area contributed by atoms with Crippen molar-refractivity contribution in [1.29, 1.82) is 0 Å². The lowest BCUT2D eigenvalue weighted by Crippen LogP contribution is -2.65. The molecule has 0 N–H and O–H groups in total. The fourth-order valence-corrected chi connectivity index (χ4v) is 7.06. The van der Waals surface area contributed by atoms with Crippen LogP contribution in [0.2, 0.25) is 0 Å². The quantitative estimate of drug-likeness (QED) is 0.128. The van der Waals surface area contributed by atoms with Crippen LogP contribution in [-0.4, -0.2) is 81.6 Å². The van der Waals surface area contributed by atoms with Gasteiger partial charge in [-0.1, -0.05) is 121 Å². The number of hydrogen-bond acceptors (Lipinski definition) is 11. The van der Waals surface area contributed by atoms with Gasteiger partial charge in [0.2, 0.25) is 0 Å². The second-order valence-corrected chi connectivity index (χ2v) is 13.6. The van der Waals surface area contributed by atoms with Crippen molar-refractivity contribution in [3.05, 3.63) is 144 Å². The highest BCUT2D eigenvalue weighted by atomic mass is 16.8. The van der Waals surface area contributed by atoms with E-state index in [1.54, 1.807) is 0 Å². The number of carbonyl (C=O) groups is 1. The van der Waals surface area contributed by atoms with E-state index >= 15 is 0 Å². The van der Waals surface area contributed by atoms with Crippen molar-refractivity contribution in [2.75, 3.05) is 20.3 Å². The molecule has 0 bridgehead atoms. The second-order valence-electron chi connectivity index (χ2n) is 13.6. The highest BCUT2D eigenvalue weighted by Gasteiger charge is 2.54. The first-order valence-corrected chi connectivity index (χ1v) is 18.4. The minimum Gasteiger partial charge on any atom is -0.454 e. The number of rotatable bonds is 15. The van der Waals surface area contributed by atoms with Crippen molar-refractivity contribution in [1.82, 2.24) is 0 Å². The van der Waals surface area contributed by atoms with Gasteiger partial charge in [0.1, 0.15) is 30.5 Å². The Morgan fingerprint density at radius 3 is 1.89 bits per heavy atom. The predicted octanol–water partition coefficient (Wildman–Crippen LogP) is 6.29. The third kappa shape index (κ3) is 9.99. The van der Waals surface area contributed by atoms with Crippen LogP contribution in [0.3, 0.4) is 0 Å². The van der Waals surface area contributed by atoms with Crippen LogP contribution in [0, 0.1) is 0 Å². The maximum atomic E-state index is 12.5. The fourth-order valence-electron chi connectivity index (χ4n) is 7.06. The number of carbonyl (C=O) groups excluding carboxylic acids is 1. The number of esters is 1. The standard InChI is InChI=1S/C43H48O11/c1-29(44)50-41-40(39-36(52-43(41)45-2)28-49-42(54-39)33-21-13-6-14-22-33)53-37-23-34(47-25-31-17-9-4-10-18-31)38(48-26-32-19-11-5-12-20-32)35(51-37)27-46-24-30-15-7-3-8-16-30/h3-22,34-43H,23-28H2,1-2H3/t34-,35-,36-,37-,38+,39-,40+,41-,42?,43+/m1/s1. The van der Waals surface area contributed by atoms with Gasteiger partial charge >= 0.3 is 5.97 Å². The zero-order chi connectivity index (χ0) is 37.1. The number of fused-ring (bicyclic) bond motifs is 1. The average Bonchev–Trinajstić information content (AvgIpc) is 3.21. The summed E-state index contributed by atoms with van der Waals surface area (Å²) in [5.41, 5.74) is 3.92. The van der Waals surface area contributed by atoms with Gasteiger partial charge < -0.3 is 47.4 Å². The molecule has 0 radical (unpaired) electrons. The van der Waals surface area contributed by atoms with Crippen LogP contribution < -0.4 is 0 Å². The predicted molar refractivity (Wildman–Crippen MR) is 196 cm³/mol. The molecule has 3 fully saturated rings. The van der Waals surface area contributed by atoms with E-state index in [0.717, 1.165) is 22.3 Å². The first-order chi connectivity index (χ1) is 26.5. The molecule has 54 heavy (non-hydrogen) atoms. The lowest BCUT2D eigenvalue weighted by atomic mass is 9.96. The lowest BCUT2D eigenvalue weighted by Gasteiger charge is -2.50. The van der Waals surface area contributed by atoms with E-state index in [4.69, 9.17) is 47.4 Å². The molecule has 0 saturated carbocycles. The van der Waals surface area contributed by atoms with Crippen LogP contribution in [0.25, 0.3) is 0 Å².